The molecule has 4 rings (SSSR count). The van der Waals surface area contributed by atoms with Crippen LogP contribution in [0.3, 0.4) is 0 Å². The molecule has 34 heavy (non-hydrogen) atoms. The molecule has 0 amide bonds. The van der Waals surface area contributed by atoms with Gasteiger partial charge in [-0.25, -0.2) is 14.2 Å². The van der Waals surface area contributed by atoms with Crippen LogP contribution < -0.4 is 9.47 Å². The van der Waals surface area contributed by atoms with E-state index >= 15 is 0 Å². The minimum Gasteiger partial charge on any atom is -0.493 e. The highest BCUT2D eigenvalue weighted by Crippen LogP contribution is 2.31. The van der Waals surface area contributed by atoms with Crippen molar-refractivity contribution in [1.82, 2.24) is 0 Å². The summed E-state index contributed by atoms with van der Waals surface area (Å²) in [5, 5.41) is 11.2. The molecule has 0 fully saturated rings. The first kappa shape index (κ1) is 22.7. The topological polar surface area (TPSA) is 100 Å². The van der Waals surface area contributed by atoms with E-state index in [-0.39, 0.29) is 29.7 Å². The number of benzene rings is 3. The fourth-order valence-corrected chi connectivity index (χ4v) is 3.26. The van der Waals surface area contributed by atoms with Crippen molar-refractivity contribution in [2.24, 2.45) is 4.99 Å². The molecule has 0 N–H and O–H groups in total. The van der Waals surface area contributed by atoms with Gasteiger partial charge in [-0.2, -0.15) is 0 Å². The zero-order chi connectivity index (χ0) is 24.2. The summed E-state index contributed by atoms with van der Waals surface area (Å²) < 4.78 is 29.4. The number of hydrogen-bond acceptors (Lipinski definition) is 7. The first-order valence-corrected chi connectivity index (χ1v) is 10.2. The van der Waals surface area contributed by atoms with Gasteiger partial charge in [0.15, 0.2) is 17.2 Å². The zero-order valence-electron chi connectivity index (χ0n) is 18.3. The number of nitro benzene ring substituents is 1. The van der Waals surface area contributed by atoms with Gasteiger partial charge in [-0.3, -0.25) is 10.1 Å². The van der Waals surface area contributed by atoms with Crippen LogP contribution in [0.1, 0.15) is 22.3 Å². The van der Waals surface area contributed by atoms with E-state index in [1.807, 2.05) is 0 Å². The Morgan fingerprint density at radius 1 is 1.09 bits per heavy atom. The van der Waals surface area contributed by atoms with Crippen LogP contribution in [0.15, 0.2) is 71.4 Å². The number of ether oxygens (including phenoxy) is 3. The normalized spacial score (nSPS) is 14.0. The number of esters is 1. The number of carbonyl (C=O) groups is 1. The van der Waals surface area contributed by atoms with Gasteiger partial charge in [-0.15, -0.1) is 0 Å². The van der Waals surface area contributed by atoms with Crippen LogP contribution in [0.25, 0.3) is 6.08 Å². The second kappa shape index (κ2) is 9.53. The second-order valence-corrected chi connectivity index (χ2v) is 7.42. The van der Waals surface area contributed by atoms with Crippen LogP contribution >= 0.6 is 0 Å². The fourth-order valence-electron chi connectivity index (χ4n) is 3.26. The Hall–Kier alpha value is -4.53. The summed E-state index contributed by atoms with van der Waals surface area (Å²) in [6.45, 7) is 1.84. The van der Waals surface area contributed by atoms with Crippen LogP contribution in [0.4, 0.5) is 10.1 Å². The lowest BCUT2D eigenvalue weighted by Crippen LogP contribution is -2.06. The van der Waals surface area contributed by atoms with E-state index in [1.54, 1.807) is 49.4 Å². The Balaban J connectivity index is 1.55. The van der Waals surface area contributed by atoms with E-state index in [0.29, 0.717) is 28.2 Å². The molecule has 9 heteroatoms. The van der Waals surface area contributed by atoms with Gasteiger partial charge in [-0.1, -0.05) is 24.3 Å². The maximum atomic E-state index is 13.1. The number of aryl methyl sites for hydroxylation is 1. The number of nitro groups is 1. The SMILES string of the molecule is COc1cc(/C=C2\N=C(c3ccc(C)c([N+](=O)[O-])c3)OC2=O)ccc1OCc1ccc(F)cc1. The molecule has 1 heterocycles. The van der Waals surface area contributed by atoms with Crippen molar-refractivity contribution < 1.29 is 28.3 Å². The number of cyclic esters (lactones) is 1. The summed E-state index contributed by atoms with van der Waals surface area (Å²) in [5.41, 5.74) is 2.17. The van der Waals surface area contributed by atoms with Gasteiger partial charge in [0.25, 0.3) is 5.69 Å². The molecule has 8 nitrogen and oxygen atoms in total. The highest BCUT2D eigenvalue weighted by Gasteiger charge is 2.26. The van der Waals surface area contributed by atoms with Gasteiger partial charge in [0.05, 0.1) is 12.0 Å². The predicted octanol–water partition coefficient (Wildman–Crippen LogP) is 4.97. The highest BCUT2D eigenvalue weighted by atomic mass is 19.1. The third kappa shape index (κ3) is 4.93. The van der Waals surface area contributed by atoms with Crippen molar-refractivity contribution in [2.45, 2.75) is 13.5 Å². The Bertz CT molecular complexity index is 1330. The average Bonchev–Trinajstić information content (AvgIpc) is 3.19. The fraction of sp³-hybridized carbons (Fsp3) is 0.120. The van der Waals surface area contributed by atoms with Gasteiger partial charge in [-0.05, 0) is 54.5 Å². The van der Waals surface area contributed by atoms with E-state index in [4.69, 9.17) is 14.2 Å². The first-order valence-electron chi connectivity index (χ1n) is 10.2. The monoisotopic (exact) mass is 462 g/mol. The summed E-state index contributed by atoms with van der Waals surface area (Å²) in [5.74, 6) is -0.102. The van der Waals surface area contributed by atoms with Gasteiger partial charge in [0.2, 0.25) is 5.90 Å². The van der Waals surface area contributed by atoms with Crippen molar-refractivity contribution in [3.05, 3.63) is 105 Å². The van der Waals surface area contributed by atoms with Crippen molar-refractivity contribution in [3.63, 3.8) is 0 Å². The van der Waals surface area contributed by atoms with Crippen molar-refractivity contribution in [2.75, 3.05) is 7.11 Å². The molecular weight excluding hydrogens is 443 g/mol. The molecule has 3 aromatic carbocycles. The van der Waals surface area contributed by atoms with Crippen LogP contribution in [-0.4, -0.2) is 23.9 Å². The Morgan fingerprint density at radius 2 is 1.85 bits per heavy atom. The second-order valence-electron chi connectivity index (χ2n) is 7.42. The Labute approximate surface area is 194 Å². The summed E-state index contributed by atoms with van der Waals surface area (Å²) >= 11 is 0. The van der Waals surface area contributed by atoms with E-state index in [9.17, 15) is 19.3 Å². The largest absolute Gasteiger partial charge is 0.493 e. The zero-order valence-corrected chi connectivity index (χ0v) is 18.3. The molecule has 0 saturated carbocycles. The molecule has 1 aliphatic rings. The van der Waals surface area contributed by atoms with Crippen molar-refractivity contribution in [1.29, 1.82) is 0 Å². The molecule has 0 radical (unpaired) electrons. The molecule has 1 aliphatic heterocycles. The number of methoxy groups -OCH3 is 1. The van der Waals surface area contributed by atoms with Gasteiger partial charge >= 0.3 is 5.97 Å². The van der Waals surface area contributed by atoms with Crippen molar-refractivity contribution >= 4 is 23.6 Å². The standard InChI is InChI=1S/C25H19FN2O6/c1-15-3-7-18(13-21(15)28(30)31)24-27-20(25(29)34-24)11-17-6-10-22(23(12-17)32-2)33-14-16-4-8-19(26)9-5-16/h3-13H,14H2,1-2H3/b20-11-. The Morgan fingerprint density at radius 3 is 2.56 bits per heavy atom. The van der Waals surface area contributed by atoms with Gasteiger partial charge in [0, 0.05) is 17.2 Å². The molecule has 3 aromatic rings. The van der Waals surface area contributed by atoms with E-state index < -0.39 is 10.9 Å². The number of nitrogens with zero attached hydrogens (tertiary/aromatic N) is 2. The molecule has 0 aliphatic carbocycles. The summed E-state index contributed by atoms with van der Waals surface area (Å²) in [7, 11) is 1.49. The molecule has 0 bridgehead atoms. The maximum absolute atomic E-state index is 13.1. The number of aliphatic imine (C=N–C) groups is 1. The number of rotatable bonds is 7. The summed E-state index contributed by atoms with van der Waals surface area (Å²) in [6, 6.07) is 15.5. The molecular formula is C25H19FN2O6. The lowest BCUT2D eigenvalue weighted by Gasteiger charge is -2.11. The van der Waals surface area contributed by atoms with Crippen LogP contribution in [0.2, 0.25) is 0 Å². The Kier molecular flexibility index (Phi) is 6.35. The average molecular weight is 462 g/mol. The molecule has 172 valence electrons. The lowest BCUT2D eigenvalue weighted by molar-refractivity contribution is -0.385. The number of carbonyl (C=O) groups excluding carboxylic acids is 1. The maximum Gasteiger partial charge on any atom is 0.363 e. The summed E-state index contributed by atoms with van der Waals surface area (Å²) in [6.07, 6.45) is 1.52. The lowest BCUT2D eigenvalue weighted by atomic mass is 10.1. The van der Waals surface area contributed by atoms with E-state index in [2.05, 4.69) is 4.99 Å². The predicted molar refractivity (Wildman–Crippen MR) is 122 cm³/mol. The molecule has 0 unspecified atom stereocenters. The molecule has 0 atom stereocenters. The molecule has 0 saturated heterocycles. The van der Waals surface area contributed by atoms with Crippen LogP contribution in [-0.2, 0) is 16.1 Å². The third-order valence-electron chi connectivity index (χ3n) is 5.07. The quantitative estimate of drug-likeness (QED) is 0.213. The number of hydrogen-bond donors (Lipinski definition) is 0. The van der Waals surface area contributed by atoms with E-state index in [1.165, 1.54) is 31.4 Å². The number of halogens is 1. The summed E-state index contributed by atoms with van der Waals surface area (Å²) in [4.78, 5) is 27.2. The van der Waals surface area contributed by atoms with Crippen LogP contribution in [0, 0.1) is 22.9 Å². The van der Waals surface area contributed by atoms with Crippen molar-refractivity contribution in [3.8, 4) is 11.5 Å². The van der Waals surface area contributed by atoms with Gasteiger partial charge < -0.3 is 14.2 Å². The minimum absolute atomic E-state index is 0.00873. The highest BCUT2D eigenvalue weighted by molar-refractivity contribution is 6.13. The molecule has 0 spiro atoms. The van der Waals surface area contributed by atoms with E-state index in [0.717, 1.165) is 5.56 Å². The first-order chi connectivity index (χ1) is 16.3. The van der Waals surface area contributed by atoms with Crippen LogP contribution in [0.5, 0.6) is 11.5 Å². The molecule has 0 aromatic heterocycles. The minimum atomic E-state index is -0.672. The third-order valence-corrected chi connectivity index (χ3v) is 5.07. The smallest absolute Gasteiger partial charge is 0.363 e. The van der Waals surface area contributed by atoms with Gasteiger partial charge in [0.1, 0.15) is 12.4 Å².